The third-order valence-electron chi connectivity index (χ3n) is 2.35. The number of hydrogen-bond acceptors (Lipinski definition) is 3. The summed E-state index contributed by atoms with van der Waals surface area (Å²) >= 11 is 0. The van der Waals surface area contributed by atoms with Crippen LogP contribution in [0, 0.1) is 6.92 Å². The van der Waals surface area contributed by atoms with Crippen LogP contribution in [0.3, 0.4) is 0 Å². The molecule has 0 bridgehead atoms. The molecule has 16 heavy (non-hydrogen) atoms. The Bertz CT molecular complexity index is 364. The number of aliphatic hydroxyl groups is 1. The first-order valence-electron chi connectivity index (χ1n) is 5.39. The highest BCUT2D eigenvalue weighted by atomic mass is 16.3. The number of hydrogen-bond donors (Lipinski definition) is 1. The van der Waals surface area contributed by atoms with Crippen LogP contribution in [0.1, 0.15) is 29.8 Å². The molecule has 0 aliphatic heterocycles. The van der Waals surface area contributed by atoms with Crippen LogP contribution in [-0.4, -0.2) is 40.1 Å². The minimum Gasteiger partial charge on any atom is -0.395 e. The van der Waals surface area contributed by atoms with Crippen LogP contribution < -0.4 is 0 Å². The summed E-state index contributed by atoms with van der Waals surface area (Å²) in [6.07, 6.45) is 3.27. The van der Waals surface area contributed by atoms with Crippen molar-refractivity contribution in [2.75, 3.05) is 13.2 Å². The van der Waals surface area contributed by atoms with E-state index in [-0.39, 0.29) is 18.6 Å². The average molecular weight is 222 g/mol. The number of carbonyl (C=O) groups is 1. The molecule has 0 fully saturated rings. The van der Waals surface area contributed by atoms with E-state index in [0.29, 0.717) is 12.1 Å². The third kappa shape index (κ3) is 3.03. The molecule has 1 heterocycles. The third-order valence-corrected chi connectivity index (χ3v) is 2.35. The Kier molecular flexibility index (Phi) is 4.43. The van der Waals surface area contributed by atoms with Gasteiger partial charge in [0.15, 0.2) is 0 Å². The molecular formula is C12H18N2O2. The summed E-state index contributed by atoms with van der Waals surface area (Å²) in [5, 5.41) is 8.93. The summed E-state index contributed by atoms with van der Waals surface area (Å²) in [6, 6.07) is 1.88. The molecule has 4 nitrogen and oxygen atoms in total. The van der Waals surface area contributed by atoms with Gasteiger partial charge in [0, 0.05) is 25.0 Å². The molecule has 0 atom stereocenters. The molecule has 0 saturated carbocycles. The minimum absolute atomic E-state index is 0.0246. The van der Waals surface area contributed by atoms with Gasteiger partial charge in [0.05, 0.1) is 12.2 Å². The zero-order chi connectivity index (χ0) is 12.1. The van der Waals surface area contributed by atoms with Gasteiger partial charge in [-0.3, -0.25) is 9.78 Å². The molecular weight excluding hydrogens is 204 g/mol. The predicted molar refractivity (Wildman–Crippen MR) is 62.2 cm³/mol. The fourth-order valence-corrected chi connectivity index (χ4v) is 1.54. The number of amides is 1. The van der Waals surface area contributed by atoms with Gasteiger partial charge < -0.3 is 10.0 Å². The molecule has 88 valence electrons. The zero-order valence-corrected chi connectivity index (χ0v) is 9.97. The van der Waals surface area contributed by atoms with Crippen LogP contribution in [-0.2, 0) is 0 Å². The minimum atomic E-state index is -0.0831. The molecule has 1 aromatic rings. The van der Waals surface area contributed by atoms with Crippen molar-refractivity contribution in [1.29, 1.82) is 0 Å². The van der Waals surface area contributed by atoms with Crippen LogP contribution in [0.4, 0.5) is 0 Å². The van der Waals surface area contributed by atoms with Crippen molar-refractivity contribution in [1.82, 2.24) is 9.88 Å². The summed E-state index contributed by atoms with van der Waals surface area (Å²) in [4.78, 5) is 17.7. The number of nitrogens with zero attached hydrogens (tertiary/aromatic N) is 2. The van der Waals surface area contributed by atoms with Crippen LogP contribution >= 0.6 is 0 Å². The molecule has 1 aromatic heterocycles. The Morgan fingerprint density at radius 1 is 1.50 bits per heavy atom. The second-order valence-electron chi connectivity index (χ2n) is 4.07. The standard InChI is InChI=1S/C12H18N2O2/c1-9(2)14(4-5-15)12(16)11-6-10(3)7-13-8-11/h6-9,15H,4-5H2,1-3H3. The van der Waals surface area contributed by atoms with E-state index < -0.39 is 0 Å². The first-order valence-corrected chi connectivity index (χ1v) is 5.39. The molecule has 0 aliphatic rings. The van der Waals surface area contributed by atoms with Crippen molar-refractivity contribution < 1.29 is 9.90 Å². The lowest BCUT2D eigenvalue weighted by Crippen LogP contribution is -2.39. The average Bonchev–Trinajstić information content (AvgIpc) is 2.24. The molecule has 0 aromatic carbocycles. The van der Waals surface area contributed by atoms with Crippen LogP contribution in [0.15, 0.2) is 18.5 Å². The zero-order valence-electron chi connectivity index (χ0n) is 9.97. The van der Waals surface area contributed by atoms with Gasteiger partial charge in [-0.2, -0.15) is 0 Å². The second-order valence-corrected chi connectivity index (χ2v) is 4.07. The molecule has 1 rings (SSSR count). The van der Waals surface area contributed by atoms with E-state index in [4.69, 9.17) is 5.11 Å². The number of aliphatic hydroxyl groups excluding tert-OH is 1. The Morgan fingerprint density at radius 2 is 2.19 bits per heavy atom. The van der Waals surface area contributed by atoms with Crippen LogP contribution in [0.5, 0.6) is 0 Å². The summed E-state index contributed by atoms with van der Waals surface area (Å²) in [7, 11) is 0. The SMILES string of the molecule is Cc1cncc(C(=O)N(CCO)C(C)C)c1. The van der Waals surface area contributed by atoms with Crippen LogP contribution in [0.2, 0.25) is 0 Å². The van der Waals surface area contributed by atoms with Crippen molar-refractivity contribution in [3.8, 4) is 0 Å². The maximum absolute atomic E-state index is 12.1. The van der Waals surface area contributed by atoms with Gasteiger partial charge in [0.25, 0.3) is 5.91 Å². The fourth-order valence-electron chi connectivity index (χ4n) is 1.54. The fraction of sp³-hybridized carbons (Fsp3) is 0.500. The lowest BCUT2D eigenvalue weighted by atomic mass is 10.2. The highest BCUT2D eigenvalue weighted by Gasteiger charge is 2.18. The van der Waals surface area contributed by atoms with Gasteiger partial charge in [-0.15, -0.1) is 0 Å². The van der Waals surface area contributed by atoms with Crippen molar-refractivity contribution >= 4 is 5.91 Å². The normalized spacial score (nSPS) is 10.6. The van der Waals surface area contributed by atoms with Crippen molar-refractivity contribution in [3.05, 3.63) is 29.6 Å². The van der Waals surface area contributed by atoms with E-state index in [2.05, 4.69) is 4.98 Å². The molecule has 0 saturated heterocycles. The van der Waals surface area contributed by atoms with Gasteiger partial charge in [0.2, 0.25) is 0 Å². The Hall–Kier alpha value is -1.42. The molecule has 0 unspecified atom stereocenters. The largest absolute Gasteiger partial charge is 0.395 e. The molecule has 0 radical (unpaired) electrons. The van der Waals surface area contributed by atoms with E-state index in [1.807, 2.05) is 26.8 Å². The first kappa shape index (κ1) is 12.6. The van der Waals surface area contributed by atoms with Crippen molar-refractivity contribution in [2.24, 2.45) is 0 Å². The summed E-state index contributed by atoms with van der Waals surface area (Å²) in [5.74, 6) is -0.0831. The lowest BCUT2D eigenvalue weighted by Gasteiger charge is -2.25. The number of aryl methyl sites for hydroxylation is 1. The van der Waals surface area contributed by atoms with Gasteiger partial charge in [-0.05, 0) is 32.4 Å². The number of rotatable bonds is 4. The van der Waals surface area contributed by atoms with E-state index >= 15 is 0 Å². The number of pyridine rings is 1. The number of carbonyl (C=O) groups excluding carboxylic acids is 1. The topological polar surface area (TPSA) is 53.4 Å². The second kappa shape index (κ2) is 5.61. The maximum atomic E-state index is 12.1. The maximum Gasteiger partial charge on any atom is 0.255 e. The summed E-state index contributed by atoms with van der Waals surface area (Å²) in [5.41, 5.74) is 1.53. The molecule has 0 aliphatic carbocycles. The summed E-state index contributed by atoms with van der Waals surface area (Å²) in [6.45, 7) is 6.08. The molecule has 1 amide bonds. The Balaban J connectivity index is 2.90. The Labute approximate surface area is 95.9 Å². The highest BCUT2D eigenvalue weighted by molar-refractivity contribution is 5.94. The van der Waals surface area contributed by atoms with Crippen molar-refractivity contribution in [3.63, 3.8) is 0 Å². The highest BCUT2D eigenvalue weighted by Crippen LogP contribution is 2.08. The van der Waals surface area contributed by atoms with E-state index in [1.54, 1.807) is 17.3 Å². The predicted octanol–water partition coefficient (Wildman–Crippen LogP) is 1.23. The molecule has 0 spiro atoms. The van der Waals surface area contributed by atoms with E-state index in [9.17, 15) is 4.79 Å². The van der Waals surface area contributed by atoms with Gasteiger partial charge >= 0.3 is 0 Å². The van der Waals surface area contributed by atoms with Crippen LogP contribution in [0.25, 0.3) is 0 Å². The van der Waals surface area contributed by atoms with Gasteiger partial charge in [-0.1, -0.05) is 0 Å². The van der Waals surface area contributed by atoms with E-state index in [1.165, 1.54) is 0 Å². The Morgan fingerprint density at radius 3 is 2.69 bits per heavy atom. The quantitative estimate of drug-likeness (QED) is 0.833. The van der Waals surface area contributed by atoms with E-state index in [0.717, 1.165) is 5.56 Å². The monoisotopic (exact) mass is 222 g/mol. The smallest absolute Gasteiger partial charge is 0.255 e. The summed E-state index contributed by atoms with van der Waals surface area (Å²) < 4.78 is 0. The van der Waals surface area contributed by atoms with Gasteiger partial charge in [-0.25, -0.2) is 0 Å². The number of aromatic nitrogens is 1. The lowest BCUT2D eigenvalue weighted by molar-refractivity contribution is 0.0665. The van der Waals surface area contributed by atoms with Crippen molar-refractivity contribution in [2.45, 2.75) is 26.8 Å². The van der Waals surface area contributed by atoms with Gasteiger partial charge in [0.1, 0.15) is 0 Å². The first-order chi connectivity index (χ1) is 7.56. The molecule has 4 heteroatoms. The molecule has 1 N–H and O–H groups in total.